The third-order valence-electron chi connectivity index (χ3n) is 6.59. The second kappa shape index (κ2) is 7.17. The number of hydrogen-bond donors (Lipinski definition) is 0. The van der Waals surface area contributed by atoms with Gasteiger partial charge in [0.2, 0.25) is 0 Å². The summed E-state index contributed by atoms with van der Waals surface area (Å²) in [6, 6.07) is 3.33. The molecule has 2 saturated carbocycles. The van der Waals surface area contributed by atoms with Gasteiger partial charge in [-0.3, -0.25) is 9.59 Å². The maximum absolute atomic E-state index is 13.0. The molecule has 4 aliphatic carbocycles. The standard InChI is InChI=1S/C23H21ClN2O4/c1-3-7-30-21-17(24)8-12(9-18(21)29-4-2)11-25-26-22(27)19-13-5-6-14(16-10-15(13)16)20(19)23(26)28/h1,5-6,8-9,11,13-16,19-20H,4,7,10H2,2H3/b25-11-/t13-,14-,15-,16+,19+,20-/m1/s1. The van der Waals surface area contributed by atoms with Gasteiger partial charge in [-0.25, -0.2) is 0 Å². The topological polar surface area (TPSA) is 68.2 Å². The first-order valence-electron chi connectivity index (χ1n) is 10.2. The van der Waals surface area contributed by atoms with Gasteiger partial charge in [0.25, 0.3) is 11.8 Å². The summed E-state index contributed by atoms with van der Waals surface area (Å²) < 4.78 is 11.1. The summed E-state index contributed by atoms with van der Waals surface area (Å²) in [7, 11) is 0. The van der Waals surface area contributed by atoms with Crippen molar-refractivity contribution in [2.75, 3.05) is 13.2 Å². The fourth-order valence-electron chi connectivity index (χ4n) is 5.36. The number of terminal acetylenes is 1. The summed E-state index contributed by atoms with van der Waals surface area (Å²) in [5.74, 6) is 3.71. The lowest BCUT2D eigenvalue weighted by Crippen LogP contribution is -2.40. The third kappa shape index (κ3) is 2.84. The number of rotatable bonds is 6. The van der Waals surface area contributed by atoms with Crippen LogP contribution in [-0.4, -0.2) is 36.3 Å². The maximum atomic E-state index is 13.0. The van der Waals surface area contributed by atoms with Crippen LogP contribution in [0.2, 0.25) is 5.02 Å². The van der Waals surface area contributed by atoms with E-state index in [0.717, 1.165) is 11.4 Å². The molecule has 154 valence electrons. The van der Waals surface area contributed by atoms with Gasteiger partial charge in [-0.05, 0) is 54.7 Å². The van der Waals surface area contributed by atoms with E-state index in [1.54, 1.807) is 12.1 Å². The van der Waals surface area contributed by atoms with Gasteiger partial charge in [0, 0.05) is 0 Å². The Morgan fingerprint density at radius 3 is 2.47 bits per heavy atom. The van der Waals surface area contributed by atoms with Crippen molar-refractivity contribution in [3.05, 3.63) is 34.9 Å². The number of ether oxygens (including phenoxy) is 2. The third-order valence-corrected chi connectivity index (χ3v) is 6.87. The highest BCUT2D eigenvalue weighted by atomic mass is 35.5. The molecule has 1 aromatic rings. The highest BCUT2D eigenvalue weighted by Crippen LogP contribution is 2.65. The molecule has 7 heteroatoms. The lowest BCUT2D eigenvalue weighted by atomic mass is 9.63. The molecule has 3 fully saturated rings. The largest absolute Gasteiger partial charge is 0.490 e. The molecule has 0 unspecified atom stereocenters. The van der Waals surface area contributed by atoms with Gasteiger partial charge in [-0.2, -0.15) is 10.1 Å². The van der Waals surface area contributed by atoms with E-state index in [-0.39, 0.29) is 42.1 Å². The van der Waals surface area contributed by atoms with Gasteiger partial charge in [-0.1, -0.05) is 29.7 Å². The second-order valence-electron chi connectivity index (χ2n) is 8.14. The Labute approximate surface area is 179 Å². The van der Waals surface area contributed by atoms with Crippen LogP contribution >= 0.6 is 11.6 Å². The van der Waals surface area contributed by atoms with Crippen molar-refractivity contribution in [2.45, 2.75) is 13.3 Å². The molecule has 6 atom stereocenters. The lowest BCUT2D eigenvalue weighted by molar-refractivity contribution is -0.140. The van der Waals surface area contributed by atoms with Crippen LogP contribution in [-0.2, 0) is 9.59 Å². The van der Waals surface area contributed by atoms with E-state index in [1.165, 1.54) is 6.21 Å². The van der Waals surface area contributed by atoms with Crippen molar-refractivity contribution in [1.82, 2.24) is 5.01 Å². The average Bonchev–Trinajstić information content (AvgIpc) is 3.51. The molecule has 1 heterocycles. The summed E-state index contributed by atoms with van der Waals surface area (Å²) in [5, 5.41) is 5.60. The van der Waals surface area contributed by atoms with Crippen LogP contribution in [0.3, 0.4) is 0 Å². The molecule has 30 heavy (non-hydrogen) atoms. The SMILES string of the molecule is C#CCOc1c(Cl)cc(/C=N\N2C(=O)[C@@H]3[C@@H]4C=C[C@H]([C@H]5C[C@@H]45)[C@@H]3C2=O)cc1OCC. The van der Waals surface area contributed by atoms with Gasteiger partial charge >= 0.3 is 0 Å². The van der Waals surface area contributed by atoms with E-state index >= 15 is 0 Å². The van der Waals surface area contributed by atoms with E-state index in [4.69, 9.17) is 27.5 Å². The van der Waals surface area contributed by atoms with Gasteiger partial charge in [0.15, 0.2) is 11.5 Å². The first-order valence-corrected chi connectivity index (χ1v) is 10.6. The summed E-state index contributed by atoms with van der Waals surface area (Å²) >= 11 is 6.33. The minimum atomic E-state index is -0.268. The van der Waals surface area contributed by atoms with E-state index in [2.05, 4.69) is 23.2 Å². The smallest absolute Gasteiger partial charge is 0.254 e. The number of benzene rings is 1. The molecule has 0 N–H and O–H groups in total. The molecule has 1 aromatic carbocycles. The minimum Gasteiger partial charge on any atom is -0.490 e. The highest BCUT2D eigenvalue weighted by Gasteiger charge is 2.67. The number of hydrogen-bond acceptors (Lipinski definition) is 5. The zero-order valence-electron chi connectivity index (χ0n) is 16.5. The first kappa shape index (κ1) is 19.2. The van der Waals surface area contributed by atoms with Crippen molar-refractivity contribution >= 4 is 29.6 Å². The average molecular weight is 425 g/mol. The van der Waals surface area contributed by atoms with Crippen LogP contribution in [0, 0.1) is 47.9 Å². The number of carbonyl (C=O) groups is 2. The van der Waals surface area contributed by atoms with Crippen LogP contribution < -0.4 is 9.47 Å². The molecular weight excluding hydrogens is 404 g/mol. The number of imide groups is 1. The molecule has 0 radical (unpaired) electrons. The Kier molecular flexibility index (Phi) is 4.59. The van der Waals surface area contributed by atoms with E-state index < -0.39 is 0 Å². The van der Waals surface area contributed by atoms with Crippen LogP contribution in [0.5, 0.6) is 11.5 Å². The molecule has 1 aliphatic heterocycles. The van der Waals surface area contributed by atoms with Crippen LogP contribution in [0.1, 0.15) is 18.9 Å². The van der Waals surface area contributed by atoms with Gasteiger partial charge in [0.1, 0.15) is 6.61 Å². The normalized spacial score (nSPS) is 32.9. The second-order valence-corrected chi connectivity index (χ2v) is 8.55. The van der Waals surface area contributed by atoms with Crippen molar-refractivity contribution in [2.24, 2.45) is 40.6 Å². The first-order chi connectivity index (χ1) is 14.5. The molecule has 0 spiro atoms. The monoisotopic (exact) mass is 424 g/mol. The zero-order chi connectivity index (χ0) is 21.0. The molecule has 2 amide bonds. The van der Waals surface area contributed by atoms with Crippen molar-refractivity contribution in [3.63, 3.8) is 0 Å². The quantitative estimate of drug-likeness (QED) is 0.304. The van der Waals surface area contributed by atoms with Crippen molar-refractivity contribution in [1.29, 1.82) is 0 Å². The Balaban J connectivity index is 1.40. The van der Waals surface area contributed by atoms with Crippen LogP contribution in [0.4, 0.5) is 0 Å². The molecular formula is C23H21ClN2O4. The lowest BCUT2D eigenvalue weighted by Gasteiger charge is -2.37. The molecule has 0 aromatic heterocycles. The Hall–Kier alpha value is -2.78. The number of halogens is 1. The fraction of sp³-hybridized carbons (Fsp3) is 0.435. The molecule has 2 bridgehead atoms. The number of amides is 2. The molecule has 6 nitrogen and oxygen atoms in total. The van der Waals surface area contributed by atoms with E-state index in [9.17, 15) is 9.59 Å². The Bertz CT molecular complexity index is 991. The molecule has 1 saturated heterocycles. The summed E-state index contributed by atoms with van der Waals surface area (Å²) in [4.78, 5) is 26.0. The molecule has 5 aliphatic rings. The van der Waals surface area contributed by atoms with Gasteiger partial charge < -0.3 is 9.47 Å². The van der Waals surface area contributed by atoms with E-state index in [0.29, 0.717) is 40.5 Å². The van der Waals surface area contributed by atoms with Gasteiger partial charge in [-0.15, -0.1) is 6.42 Å². The maximum Gasteiger partial charge on any atom is 0.254 e. The van der Waals surface area contributed by atoms with E-state index in [1.807, 2.05) is 6.92 Å². The van der Waals surface area contributed by atoms with Crippen LogP contribution in [0.25, 0.3) is 0 Å². The van der Waals surface area contributed by atoms with Crippen molar-refractivity contribution in [3.8, 4) is 23.8 Å². The number of allylic oxidation sites excluding steroid dienone is 2. The Morgan fingerprint density at radius 2 is 1.87 bits per heavy atom. The number of carbonyl (C=O) groups excluding carboxylic acids is 2. The predicted octanol–water partition coefficient (Wildman–Crippen LogP) is 3.14. The predicted molar refractivity (Wildman–Crippen MR) is 111 cm³/mol. The fourth-order valence-corrected chi connectivity index (χ4v) is 5.63. The summed E-state index contributed by atoms with van der Waals surface area (Å²) in [6.45, 7) is 2.31. The van der Waals surface area contributed by atoms with Crippen molar-refractivity contribution < 1.29 is 19.1 Å². The number of nitrogens with zero attached hydrogens (tertiary/aromatic N) is 2. The Morgan fingerprint density at radius 1 is 1.20 bits per heavy atom. The number of hydrazone groups is 1. The van der Waals surface area contributed by atoms with Gasteiger partial charge in [0.05, 0.1) is 29.7 Å². The summed E-state index contributed by atoms with van der Waals surface area (Å²) in [6.07, 6.45) is 12.1. The molecule has 6 rings (SSSR count). The summed E-state index contributed by atoms with van der Waals surface area (Å²) in [5.41, 5.74) is 0.593. The zero-order valence-corrected chi connectivity index (χ0v) is 17.2. The minimum absolute atomic E-state index is 0.0607. The van der Waals surface area contributed by atoms with Crippen LogP contribution in [0.15, 0.2) is 29.4 Å². The highest BCUT2D eigenvalue weighted by molar-refractivity contribution is 6.32.